The van der Waals surface area contributed by atoms with E-state index < -0.39 is 0 Å². The van der Waals surface area contributed by atoms with Crippen LogP contribution in [0.5, 0.6) is 5.75 Å². The highest BCUT2D eigenvalue weighted by Crippen LogP contribution is 2.34. The topological polar surface area (TPSA) is 21.3 Å². The normalized spacial score (nSPS) is 16.1. The number of hydrogen-bond donors (Lipinski definition) is 1. The van der Waals surface area contributed by atoms with Gasteiger partial charge < -0.3 is 10.1 Å². The Morgan fingerprint density at radius 1 is 1.19 bits per heavy atom. The molecule has 21 heavy (non-hydrogen) atoms. The number of benzene rings is 1. The summed E-state index contributed by atoms with van der Waals surface area (Å²) in [7, 11) is 0. The third-order valence-electron chi connectivity index (χ3n) is 4.02. The zero-order valence-electron chi connectivity index (χ0n) is 12.8. The molecule has 1 aliphatic rings. The zero-order valence-corrected chi connectivity index (χ0v) is 14.3. The zero-order chi connectivity index (χ0) is 15.1. The highest BCUT2D eigenvalue weighted by atomic mass is 35.5. The molecule has 0 atom stereocenters. The van der Waals surface area contributed by atoms with Crippen LogP contribution < -0.4 is 10.1 Å². The van der Waals surface area contributed by atoms with Crippen LogP contribution in [-0.2, 0) is 6.54 Å². The van der Waals surface area contributed by atoms with Crippen LogP contribution in [0.2, 0.25) is 10.0 Å². The second-order valence-electron chi connectivity index (χ2n) is 5.87. The summed E-state index contributed by atoms with van der Waals surface area (Å²) in [6.45, 7) is 4.64. The predicted octanol–water partition coefficient (Wildman–Crippen LogP) is 5.45. The summed E-state index contributed by atoms with van der Waals surface area (Å²) in [4.78, 5) is 0. The van der Waals surface area contributed by atoms with E-state index in [1.807, 2.05) is 6.07 Å². The van der Waals surface area contributed by atoms with E-state index in [1.165, 1.54) is 32.1 Å². The maximum atomic E-state index is 6.33. The number of rotatable bonds is 7. The van der Waals surface area contributed by atoms with E-state index in [9.17, 15) is 0 Å². The lowest BCUT2D eigenvalue weighted by Gasteiger charge is -2.23. The van der Waals surface area contributed by atoms with E-state index in [4.69, 9.17) is 27.9 Å². The van der Waals surface area contributed by atoms with Crippen molar-refractivity contribution in [1.82, 2.24) is 5.32 Å². The summed E-state index contributed by atoms with van der Waals surface area (Å²) < 4.78 is 6.06. The Balaban J connectivity index is 2.01. The molecule has 0 radical (unpaired) electrons. The molecule has 0 unspecified atom stereocenters. The van der Waals surface area contributed by atoms with Crippen molar-refractivity contribution in [3.63, 3.8) is 0 Å². The van der Waals surface area contributed by atoms with Gasteiger partial charge in [-0.2, -0.15) is 0 Å². The van der Waals surface area contributed by atoms with E-state index in [0.29, 0.717) is 16.0 Å². The molecule has 1 N–H and O–H groups in total. The van der Waals surface area contributed by atoms with Gasteiger partial charge in [-0.1, -0.05) is 49.4 Å². The first-order valence-electron chi connectivity index (χ1n) is 8.02. The minimum atomic E-state index is 0.617. The monoisotopic (exact) mass is 329 g/mol. The van der Waals surface area contributed by atoms with Crippen molar-refractivity contribution in [2.75, 3.05) is 13.2 Å². The molecule has 0 saturated heterocycles. The molecule has 1 saturated carbocycles. The van der Waals surface area contributed by atoms with Crippen molar-refractivity contribution < 1.29 is 4.74 Å². The quantitative estimate of drug-likeness (QED) is 0.671. The van der Waals surface area contributed by atoms with Crippen LogP contribution in [0.15, 0.2) is 12.1 Å². The van der Waals surface area contributed by atoms with E-state index in [2.05, 4.69) is 12.2 Å². The van der Waals surface area contributed by atoms with Gasteiger partial charge in [0, 0.05) is 17.1 Å². The van der Waals surface area contributed by atoms with E-state index >= 15 is 0 Å². The van der Waals surface area contributed by atoms with Gasteiger partial charge in [0.05, 0.1) is 11.6 Å². The van der Waals surface area contributed by atoms with Crippen molar-refractivity contribution >= 4 is 23.2 Å². The molecule has 1 aromatic rings. The molecule has 0 heterocycles. The summed E-state index contributed by atoms with van der Waals surface area (Å²) in [6, 6.07) is 3.72. The molecular weight excluding hydrogens is 305 g/mol. The summed E-state index contributed by atoms with van der Waals surface area (Å²) in [5, 5.41) is 4.67. The van der Waals surface area contributed by atoms with Crippen LogP contribution in [0, 0.1) is 5.92 Å². The second kappa shape index (κ2) is 8.87. The lowest BCUT2D eigenvalue weighted by atomic mass is 9.90. The van der Waals surface area contributed by atoms with Crippen molar-refractivity contribution in [1.29, 1.82) is 0 Å². The standard InChI is InChI=1S/C17H25Cl2NO/c1-2-8-20-11-14-9-15(18)10-16(19)17(14)21-12-13-6-4-3-5-7-13/h9-10,13,20H,2-8,11-12H2,1H3. The Labute approximate surface area is 138 Å². The maximum absolute atomic E-state index is 6.33. The van der Waals surface area contributed by atoms with Gasteiger partial charge in [0.1, 0.15) is 5.75 Å². The van der Waals surface area contributed by atoms with Crippen molar-refractivity contribution in [2.24, 2.45) is 5.92 Å². The van der Waals surface area contributed by atoms with Gasteiger partial charge in [-0.25, -0.2) is 0 Å². The molecule has 0 aliphatic heterocycles. The molecule has 1 aliphatic carbocycles. The Bertz CT molecular complexity index is 445. The first-order valence-corrected chi connectivity index (χ1v) is 8.77. The fourth-order valence-corrected chi connectivity index (χ4v) is 3.45. The first-order chi connectivity index (χ1) is 10.2. The minimum absolute atomic E-state index is 0.617. The molecule has 118 valence electrons. The van der Waals surface area contributed by atoms with Crippen LogP contribution in [0.1, 0.15) is 51.0 Å². The molecule has 1 fully saturated rings. The van der Waals surface area contributed by atoms with E-state index in [1.54, 1.807) is 6.07 Å². The largest absolute Gasteiger partial charge is 0.491 e. The lowest BCUT2D eigenvalue weighted by Crippen LogP contribution is -2.18. The van der Waals surface area contributed by atoms with Crippen LogP contribution in [0.25, 0.3) is 0 Å². The third kappa shape index (κ3) is 5.36. The van der Waals surface area contributed by atoms with Gasteiger partial charge in [-0.3, -0.25) is 0 Å². The van der Waals surface area contributed by atoms with Crippen molar-refractivity contribution in [3.8, 4) is 5.75 Å². The number of hydrogen-bond acceptors (Lipinski definition) is 2. The fourth-order valence-electron chi connectivity index (χ4n) is 2.86. The first kappa shape index (κ1) is 16.9. The van der Waals surface area contributed by atoms with Gasteiger partial charge in [0.15, 0.2) is 0 Å². The Morgan fingerprint density at radius 3 is 2.67 bits per heavy atom. The Hall–Kier alpha value is -0.440. The van der Waals surface area contributed by atoms with Crippen LogP contribution in [-0.4, -0.2) is 13.2 Å². The van der Waals surface area contributed by atoms with Gasteiger partial charge in [-0.05, 0) is 43.9 Å². The van der Waals surface area contributed by atoms with E-state index in [-0.39, 0.29) is 0 Å². The summed E-state index contributed by atoms with van der Waals surface area (Å²) in [6.07, 6.45) is 7.67. The molecule has 4 heteroatoms. The summed E-state index contributed by atoms with van der Waals surface area (Å²) in [5.41, 5.74) is 1.05. The highest BCUT2D eigenvalue weighted by molar-refractivity contribution is 6.35. The Kier molecular flexibility index (Phi) is 7.15. The maximum Gasteiger partial charge on any atom is 0.142 e. The van der Waals surface area contributed by atoms with Crippen LogP contribution >= 0.6 is 23.2 Å². The molecule has 2 nitrogen and oxygen atoms in total. The SMILES string of the molecule is CCCNCc1cc(Cl)cc(Cl)c1OCC1CCCCC1. The predicted molar refractivity (Wildman–Crippen MR) is 90.5 cm³/mol. The Morgan fingerprint density at radius 2 is 1.95 bits per heavy atom. The average Bonchev–Trinajstić information content (AvgIpc) is 2.47. The molecule has 0 aromatic heterocycles. The molecule has 1 aromatic carbocycles. The van der Waals surface area contributed by atoms with Gasteiger partial charge >= 0.3 is 0 Å². The third-order valence-corrected chi connectivity index (χ3v) is 4.51. The molecule has 0 bridgehead atoms. The molecule has 0 amide bonds. The summed E-state index contributed by atoms with van der Waals surface area (Å²) in [5.74, 6) is 1.47. The highest BCUT2D eigenvalue weighted by Gasteiger charge is 2.16. The minimum Gasteiger partial charge on any atom is -0.491 e. The molecular formula is C17H25Cl2NO. The van der Waals surface area contributed by atoms with Gasteiger partial charge in [0.2, 0.25) is 0 Å². The van der Waals surface area contributed by atoms with Crippen LogP contribution in [0.3, 0.4) is 0 Å². The molecule has 0 spiro atoms. The molecule has 2 rings (SSSR count). The van der Waals surface area contributed by atoms with E-state index in [0.717, 1.165) is 37.4 Å². The summed E-state index contributed by atoms with van der Waals surface area (Å²) >= 11 is 12.4. The van der Waals surface area contributed by atoms with Crippen LogP contribution in [0.4, 0.5) is 0 Å². The number of halogens is 2. The van der Waals surface area contributed by atoms with Gasteiger partial charge in [-0.15, -0.1) is 0 Å². The fraction of sp³-hybridized carbons (Fsp3) is 0.647. The number of ether oxygens (including phenoxy) is 1. The van der Waals surface area contributed by atoms with Crippen molar-refractivity contribution in [2.45, 2.75) is 52.0 Å². The van der Waals surface area contributed by atoms with Crippen molar-refractivity contribution in [3.05, 3.63) is 27.7 Å². The average molecular weight is 330 g/mol. The van der Waals surface area contributed by atoms with Gasteiger partial charge in [0.25, 0.3) is 0 Å². The number of nitrogens with one attached hydrogen (secondary N) is 1. The smallest absolute Gasteiger partial charge is 0.142 e. The second-order valence-corrected chi connectivity index (χ2v) is 6.71. The lowest BCUT2D eigenvalue weighted by molar-refractivity contribution is 0.207.